The van der Waals surface area contributed by atoms with Gasteiger partial charge in [-0.1, -0.05) is 23.2 Å². The maximum Gasteiger partial charge on any atom is 0.272 e. The molecule has 17 heavy (non-hydrogen) atoms. The van der Waals surface area contributed by atoms with Crippen molar-refractivity contribution in [2.45, 2.75) is 6.42 Å². The van der Waals surface area contributed by atoms with Gasteiger partial charge in [-0.3, -0.25) is 10.1 Å². The van der Waals surface area contributed by atoms with Gasteiger partial charge in [0.2, 0.25) is 0 Å². The quantitative estimate of drug-likeness (QED) is 0.664. The van der Waals surface area contributed by atoms with Crippen LogP contribution in [0.3, 0.4) is 0 Å². The highest BCUT2D eigenvalue weighted by Crippen LogP contribution is 2.36. The molecule has 7 heteroatoms. The average Bonchev–Trinajstić information content (AvgIpc) is 2.25. The fraction of sp³-hybridized carbons (Fsp3) is 0.400. The Morgan fingerprint density at radius 1 is 1.41 bits per heavy atom. The second-order valence-electron chi connectivity index (χ2n) is 3.58. The van der Waals surface area contributed by atoms with Crippen molar-refractivity contribution in [2.75, 3.05) is 25.0 Å². The third kappa shape index (κ3) is 3.46. The minimum atomic E-state index is -0.526. The average molecular weight is 278 g/mol. The lowest BCUT2D eigenvalue weighted by Gasteiger charge is -2.21. The van der Waals surface area contributed by atoms with E-state index in [1.54, 1.807) is 0 Å². The predicted molar refractivity (Wildman–Crippen MR) is 70.1 cm³/mol. The largest absolute Gasteiger partial charge is 0.372 e. The molecule has 0 saturated carbocycles. The molecule has 94 valence electrons. The molecule has 5 nitrogen and oxygen atoms in total. The summed E-state index contributed by atoms with van der Waals surface area (Å²) >= 11 is 12.0. The number of nitrogens with two attached hydrogens (primary N) is 1. The number of nitrogens with zero attached hydrogens (tertiary/aromatic N) is 2. The van der Waals surface area contributed by atoms with Crippen molar-refractivity contribution in [2.24, 2.45) is 5.73 Å². The fourth-order valence-corrected chi connectivity index (χ4v) is 2.23. The second kappa shape index (κ2) is 6.05. The maximum absolute atomic E-state index is 10.6. The first-order chi connectivity index (χ1) is 7.97. The zero-order valence-electron chi connectivity index (χ0n) is 9.32. The SMILES string of the molecule is CN(CCCN)c1c(Cl)cc([N+](=O)[O-])cc1Cl. The molecule has 0 aromatic heterocycles. The van der Waals surface area contributed by atoms with E-state index >= 15 is 0 Å². The van der Waals surface area contributed by atoms with E-state index < -0.39 is 4.92 Å². The highest BCUT2D eigenvalue weighted by Gasteiger charge is 2.16. The first-order valence-electron chi connectivity index (χ1n) is 5.02. The molecule has 0 atom stereocenters. The molecule has 0 aliphatic rings. The minimum Gasteiger partial charge on any atom is -0.372 e. The first-order valence-corrected chi connectivity index (χ1v) is 5.77. The van der Waals surface area contributed by atoms with Crippen LogP contribution in [0.2, 0.25) is 10.0 Å². The molecule has 1 aromatic carbocycles. The number of benzene rings is 1. The number of anilines is 1. The van der Waals surface area contributed by atoms with Crippen molar-refractivity contribution in [3.63, 3.8) is 0 Å². The predicted octanol–water partition coefficient (Wildman–Crippen LogP) is 2.69. The van der Waals surface area contributed by atoms with Crippen molar-refractivity contribution in [3.05, 3.63) is 32.3 Å². The number of hydrogen-bond acceptors (Lipinski definition) is 4. The molecule has 2 N–H and O–H groups in total. The Morgan fingerprint density at radius 3 is 2.35 bits per heavy atom. The molecule has 1 rings (SSSR count). The molecule has 0 radical (unpaired) electrons. The molecule has 0 fully saturated rings. The lowest BCUT2D eigenvalue weighted by Crippen LogP contribution is -2.21. The molecular formula is C10H13Cl2N3O2. The van der Waals surface area contributed by atoms with Gasteiger partial charge in [0.1, 0.15) is 0 Å². The number of halogens is 2. The van der Waals surface area contributed by atoms with E-state index in [1.165, 1.54) is 12.1 Å². The Hall–Kier alpha value is -1.04. The monoisotopic (exact) mass is 277 g/mol. The Balaban J connectivity index is 3.04. The summed E-state index contributed by atoms with van der Waals surface area (Å²) < 4.78 is 0. The maximum atomic E-state index is 10.6. The van der Waals surface area contributed by atoms with Crippen LogP contribution >= 0.6 is 23.2 Å². The highest BCUT2D eigenvalue weighted by molar-refractivity contribution is 6.39. The smallest absolute Gasteiger partial charge is 0.272 e. The zero-order chi connectivity index (χ0) is 13.0. The van der Waals surface area contributed by atoms with E-state index in [-0.39, 0.29) is 15.7 Å². The van der Waals surface area contributed by atoms with Gasteiger partial charge in [-0.25, -0.2) is 0 Å². The van der Waals surface area contributed by atoms with Gasteiger partial charge in [0.05, 0.1) is 20.7 Å². The van der Waals surface area contributed by atoms with Crippen LogP contribution in [0.4, 0.5) is 11.4 Å². The van der Waals surface area contributed by atoms with E-state index in [4.69, 9.17) is 28.9 Å². The molecule has 0 heterocycles. The van der Waals surface area contributed by atoms with E-state index in [0.717, 1.165) is 6.42 Å². The highest BCUT2D eigenvalue weighted by atomic mass is 35.5. The van der Waals surface area contributed by atoms with E-state index in [1.807, 2.05) is 11.9 Å². The van der Waals surface area contributed by atoms with Crippen LogP contribution in [-0.4, -0.2) is 25.1 Å². The molecule has 0 amide bonds. The Kier molecular flexibility index (Phi) is 4.99. The number of nitro benzene ring substituents is 1. The fourth-order valence-electron chi connectivity index (χ4n) is 1.46. The lowest BCUT2D eigenvalue weighted by molar-refractivity contribution is -0.384. The third-order valence-electron chi connectivity index (χ3n) is 2.29. The van der Waals surface area contributed by atoms with Crippen molar-refractivity contribution in [3.8, 4) is 0 Å². The van der Waals surface area contributed by atoms with Crippen LogP contribution < -0.4 is 10.6 Å². The summed E-state index contributed by atoms with van der Waals surface area (Å²) in [7, 11) is 1.81. The van der Waals surface area contributed by atoms with Gasteiger partial charge >= 0.3 is 0 Å². The lowest BCUT2D eigenvalue weighted by atomic mass is 10.2. The van der Waals surface area contributed by atoms with E-state index in [2.05, 4.69) is 0 Å². The van der Waals surface area contributed by atoms with Crippen molar-refractivity contribution in [1.29, 1.82) is 0 Å². The second-order valence-corrected chi connectivity index (χ2v) is 4.39. The topological polar surface area (TPSA) is 72.4 Å². The van der Waals surface area contributed by atoms with Gasteiger partial charge in [0, 0.05) is 25.7 Å². The first kappa shape index (κ1) is 14.0. The number of rotatable bonds is 5. The summed E-state index contributed by atoms with van der Waals surface area (Å²) in [4.78, 5) is 11.9. The Morgan fingerprint density at radius 2 is 1.94 bits per heavy atom. The molecule has 0 unspecified atom stereocenters. The van der Waals surface area contributed by atoms with Gasteiger partial charge in [-0.2, -0.15) is 0 Å². The molecule has 0 aliphatic heterocycles. The van der Waals surface area contributed by atoms with Crippen molar-refractivity contribution >= 4 is 34.6 Å². The Bertz CT molecular complexity index is 403. The summed E-state index contributed by atoms with van der Waals surface area (Å²) in [5.74, 6) is 0. The van der Waals surface area contributed by atoms with E-state index in [0.29, 0.717) is 18.8 Å². The van der Waals surface area contributed by atoms with Gasteiger partial charge in [-0.05, 0) is 13.0 Å². The van der Waals surface area contributed by atoms with Crippen LogP contribution in [0.25, 0.3) is 0 Å². The molecule has 1 aromatic rings. The Labute approximate surface area is 109 Å². The van der Waals surface area contributed by atoms with Gasteiger partial charge in [0.15, 0.2) is 0 Å². The van der Waals surface area contributed by atoms with Crippen LogP contribution in [0.1, 0.15) is 6.42 Å². The summed E-state index contributed by atoms with van der Waals surface area (Å²) in [6, 6.07) is 2.59. The summed E-state index contributed by atoms with van der Waals surface area (Å²) in [5.41, 5.74) is 5.89. The van der Waals surface area contributed by atoms with Crippen LogP contribution in [0.15, 0.2) is 12.1 Å². The van der Waals surface area contributed by atoms with Gasteiger partial charge < -0.3 is 10.6 Å². The number of nitro groups is 1. The number of hydrogen-bond donors (Lipinski definition) is 1. The van der Waals surface area contributed by atoms with Crippen molar-refractivity contribution < 1.29 is 4.92 Å². The normalized spacial score (nSPS) is 10.4. The van der Waals surface area contributed by atoms with Crippen LogP contribution in [-0.2, 0) is 0 Å². The standard InChI is InChI=1S/C10H13Cl2N3O2/c1-14(4-2-3-13)10-8(11)5-7(15(16)17)6-9(10)12/h5-6H,2-4,13H2,1H3. The molecule has 0 bridgehead atoms. The summed E-state index contributed by atoms with van der Waals surface area (Å²) in [6.45, 7) is 1.25. The molecule has 0 saturated heterocycles. The van der Waals surface area contributed by atoms with Crippen molar-refractivity contribution in [1.82, 2.24) is 0 Å². The molecule has 0 spiro atoms. The van der Waals surface area contributed by atoms with Crippen LogP contribution in [0, 0.1) is 10.1 Å². The van der Waals surface area contributed by atoms with Crippen LogP contribution in [0.5, 0.6) is 0 Å². The summed E-state index contributed by atoms with van der Waals surface area (Å²) in [5, 5.41) is 11.2. The minimum absolute atomic E-state index is 0.115. The number of non-ortho nitro benzene ring substituents is 1. The zero-order valence-corrected chi connectivity index (χ0v) is 10.8. The van der Waals surface area contributed by atoms with Gasteiger partial charge in [0.25, 0.3) is 5.69 Å². The third-order valence-corrected chi connectivity index (χ3v) is 2.87. The summed E-state index contributed by atoms with van der Waals surface area (Å²) in [6.07, 6.45) is 0.792. The molecular weight excluding hydrogens is 265 g/mol. The van der Waals surface area contributed by atoms with Gasteiger partial charge in [-0.15, -0.1) is 0 Å². The molecule has 0 aliphatic carbocycles. The van der Waals surface area contributed by atoms with E-state index in [9.17, 15) is 10.1 Å².